The lowest BCUT2D eigenvalue weighted by Crippen LogP contribution is -2.47. The minimum absolute atomic E-state index is 0.0866. The molecule has 2 aliphatic heterocycles. The molecule has 1 aromatic carbocycles. The van der Waals surface area contributed by atoms with Gasteiger partial charge in [-0.15, -0.1) is 23.5 Å². The molecule has 0 saturated heterocycles. The maximum absolute atomic E-state index is 5.37. The summed E-state index contributed by atoms with van der Waals surface area (Å²) in [7, 11) is 0.392. The quantitative estimate of drug-likeness (QED) is 0.450. The molecule has 2 heterocycles. The second kappa shape index (κ2) is 6.45. The summed E-state index contributed by atoms with van der Waals surface area (Å²) in [5.74, 6) is 0.923. The topological polar surface area (TPSA) is 9.23 Å². The van der Waals surface area contributed by atoms with Gasteiger partial charge in [-0.3, -0.25) is 0 Å². The first kappa shape index (κ1) is 19.8. The zero-order valence-electron chi connectivity index (χ0n) is 18.3. The van der Waals surface area contributed by atoms with E-state index in [4.69, 9.17) is 4.74 Å². The van der Waals surface area contributed by atoms with Crippen LogP contribution in [0.4, 0.5) is 0 Å². The Labute approximate surface area is 184 Å². The van der Waals surface area contributed by atoms with E-state index >= 15 is 0 Å². The molecule has 0 N–H and O–H groups in total. The van der Waals surface area contributed by atoms with Crippen LogP contribution in [0.25, 0.3) is 4.91 Å². The lowest BCUT2D eigenvalue weighted by Gasteiger charge is -2.47. The smallest absolute Gasteiger partial charge is 0.118 e. The normalized spacial score (nSPS) is 30.8. The highest BCUT2D eigenvalue weighted by Crippen LogP contribution is 2.69. The van der Waals surface area contributed by atoms with Crippen LogP contribution in [0.5, 0.6) is 5.75 Å². The van der Waals surface area contributed by atoms with Crippen molar-refractivity contribution in [2.45, 2.75) is 62.2 Å². The molecule has 1 fully saturated rings. The Morgan fingerprint density at radius 2 is 1.45 bits per heavy atom. The molecule has 0 radical (unpaired) electrons. The molecule has 0 bridgehead atoms. The molecule has 29 heavy (non-hydrogen) atoms. The third-order valence-corrected chi connectivity index (χ3v) is 14.0. The van der Waals surface area contributed by atoms with E-state index in [0.29, 0.717) is 0 Å². The van der Waals surface area contributed by atoms with Crippen LogP contribution in [-0.4, -0.2) is 24.7 Å². The maximum atomic E-state index is 5.37. The number of hydrogen-bond donors (Lipinski definition) is 0. The molecular formula is C25H30OS2Si. The second-order valence-corrected chi connectivity index (χ2v) is 18.2. The SMILES string of the molecule is COc1ccc(C2=CC3=C4CCCC4=C4C=C([Si](C)(C)C)SC4(C)C3(C)S2)cc1. The van der Waals surface area contributed by atoms with Crippen molar-refractivity contribution in [3.63, 3.8) is 0 Å². The van der Waals surface area contributed by atoms with Crippen molar-refractivity contribution in [2.75, 3.05) is 7.11 Å². The van der Waals surface area contributed by atoms with Crippen molar-refractivity contribution in [1.82, 2.24) is 0 Å². The predicted octanol–water partition coefficient (Wildman–Crippen LogP) is 7.60. The van der Waals surface area contributed by atoms with Crippen LogP contribution in [0, 0.1) is 0 Å². The molecule has 2 atom stereocenters. The van der Waals surface area contributed by atoms with E-state index in [1.54, 1.807) is 33.9 Å². The fourth-order valence-electron chi connectivity index (χ4n) is 5.21. The minimum atomic E-state index is -1.34. The Bertz CT molecular complexity index is 1020. The Kier molecular flexibility index (Phi) is 4.41. The first-order valence-electron chi connectivity index (χ1n) is 10.6. The van der Waals surface area contributed by atoms with Crippen LogP contribution in [0.3, 0.4) is 0 Å². The molecule has 1 saturated carbocycles. The van der Waals surface area contributed by atoms with Crippen LogP contribution >= 0.6 is 23.5 Å². The van der Waals surface area contributed by atoms with Crippen molar-refractivity contribution >= 4 is 36.5 Å². The van der Waals surface area contributed by atoms with Gasteiger partial charge in [0.25, 0.3) is 0 Å². The van der Waals surface area contributed by atoms with E-state index in [0.717, 1.165) is 5.75 Å². The van der Waals surface area contributed by atoms with Gasteiger partial charge in [0.05, 0.1) is 24.7 Å². The van der Waals surface area contributed by atoms with Gasteiger partial charge in [-0.2, -0.15) is 0 Å². The largest absolute Gasteiger partial charge is 0.497 e. The van der Waals surface area contributed by atoms with Crippen molar-refractivity contribution in [3.05, 3.63) is 68.8 Å². The van der Waals surface area contributed by atoms with Gasteiger partial charge in [-0.1, -0.05) is 37.8 Å². The lowest BCUT2D eigenvalue weighted by molar-refractivity contribution is 0.415. The van der Waals surface area contributed by atoms with E-state index in [-0.39, 0.29) is 9.49 Å². The molecule has 5 rings (SSSR count). The second-order valence-electron chi connectivity index (χ2n) is 9.90. The third-order valence-electron chi connectivity index (χ3n) is 7.10. The van der Waals surface area contributed by atoms with E-state index in [1.807, 2.05) is 0 Å². The zero-order valence-corrected chi connectivity index (χ0v) is 20.9. The van der Waals surface area contributed by atoms with Crippen molar-refractivity contribution in [1.29, 1.82) is 0 Å². The number of allylic oxidation sites excluding steroid dienone is 4. The summed E-state index contributed by atoms with van der Waals surface area (Å²) in [6, 6.07) is 8.59. The molecular weight excluding hydrogens is 408 g/mol. The Hall–Kier alpha value is -1.10. The Morgan fingerprint density at radius 3 is 2.03 bits per heavy atom. The highest BCUT2D eigenvalue weighted by atomic mass is 32.2. The molecule has 0 spiro atoms. The molecule has 2 aliphatic carbocycles. The van der Waals surface area contributed by atoms with E-state index in [2.05, 4.69) is 93.4 Å². The van der Waals surface area contributed by atoms with Crippen LogP contribution < -0.4 is 4.74 Å². The van der Waals surface area contributed by atoms with Gasteiger partial charge in [0.2, 0.25) is 0 Å². The standard InChI is InChI=1S/C25H30OS2Si/c1-24-20(14-22(27-24)16-10-12-17(26-3)13-11-16)18-8-7-9-19(18)21-15-23(29(4,5)6)28-25(21,24)2/h10-15H,7-9H2,1-6H3. The number of methoxy groups -OCH3 is 1. The van der Waals surface area contributed by atoms with Gasteiger partial charge >= 0.3 is 0 Å². The first-order valence-corrected chi connectivity index (χ1v) is 15.7. The minimum Gasteiger partial charge on any atom is -0.497 e. The summed E-state index contributed by atoms with van der Waals surface area (Å²) in [5, 5.41) is 0. The fourth-order valence-corrected chi connectivity index (χ4v) is 10.6. The zero-order chi connectivity index (χ0) is 20.6. The van der Waals surface area contributed by atoms with Crippen LogP contribution in [0.1, 0.15) is 38.7 Å². The lowest BCUT2D eigenvalue weighted by atomic mass is 9.72. The fraction of sp³-hybridized carbons (Fsp3) is 0.440. The third kappa shape index (κ3) is 2.75. The van der Waals surface area contributed by atoms with Crippen molar-refractivity contribution in [2.24, 2.45) is 0 Å². The summed E-state index contributed by atoms with van der Waals surface area (Å²) < 4.78 is 7.25. The molecule has 0 amide bonds. The van der Waals surface area contributed by atoms with Gasteiger partial charge < -0.3 is 4.74 Å². The first-order chi connectivity index (χ1) is 13.7. The molecule has 4 aliphatic rings. The van der Waals surface area contributed by atoms with Gasteiger partial charge in [-0.25, -0.2) is 0 Å². The van der Waals surface area contributed by atoms with Gasteiger partial charge in [0.1, 0.15) is 5.75 Å². The van der Waals surface area contributed by atoms with Gasteiger partial charge in [-0.05, 0) is 83.7 Å². The molecule has 1 nitrogen and oxygen atoms in total. The summed E-state index contributed by atoms with van der Waals surface area (Å²) in [5.41, 5.74) is 7.89. The van der Waals surface area contributed by atoms with Crippen LogP contribution in [-0.2, 0) is 0 Å². The average Bonchev–Trinajstić information content (AvgIpc) is 3.37. The maximum Gasteiger partial charge on any atom is 0.118 e. The van der Waals surface area contributed by atoms with Gasteiger partial charge in [0.15, 0.2) is 0 Å². The Morgan fingerprint density at radius 1 is 0.862 bits per heavy atom. The van der Waals surface area contributed by atoms with E-state index in [1.165, 1.54) is 29.7 Å². The molecule has 1 aromatic rings. The number of ether oxygens (including phenoxy) is 1. The number of hydrogen-bond acceptors (Lipinski definition) is 3. The molecule has 4 heteroatoms. The molecule has 2 unspecified atom stereocenters. The molecule has 0 aromatic heterocycles. The number of rotatable bonds is 3. The van der Waals surface area contributed by atoms with Crippen LogP contribution in [0.2, 0.25) is 19.6 Å². The highest BCUT2D eigenvalue weighted by molar-refractivity contribution is 8.13. The van der Waals surface area contributed by atoms with E-state index < -0.39 is 8.07 Å². The summed E-state index contributed by atoms with van der Waals surface area (Å²) in [4.78, 5) is 1.41. The highest BCUT2D eigenvalue weighted by Gasteiger charge is 2.59. The molecule has 152 valence electrons. The van der Waals surface area contributed by atoms with Gasteiger partial charge in [0, 0.05) is 4.91 Å². The summed E-state index contributed by atoms with van der Waals surface area (Å²) >= 11 is 4.28. The van der Waals surface area contributed by atoms with Crippen molar-refractivity contribution in [3.8, 4) is 5.75 Å². The number of benzene rings is 1. The monoisotopic (exact) mass is 438 g/mol. The summed E-state index contributed by atoms with van der Waals surface area (Å²) in [6.45, 7) is 12.5. The number of thioether (sulfide) groups is 2. The van der Waals surface area contributed by atoms with Crippen molar-refractivity contribution < 1.29 is 4.74 Å². The summed E-state index contributed by atoms with van der Waals surface area (Å²) in [6.07, 6.45) is 8.94. The predicted molar refractivity (Wildman–Crippen MR) is 132 cm³/mol. The Balaban J connectivity index is 1.64. The van der Waals surface area contributed by atoms with E-state index in [9.17, 15) is 0 Å². The van der Waals surface area contributed by atoms with Crippen LogP contribution in [0.15, 0.2) is 63.2 Å². The average molecular weight is 439 g/mol. The number of fused-ring (bicyclic) bond motifs is 4.